The molecule has 6 nitrogen and oxygen atoms in total. The monoisotopic (exact) mass is 410 g/mol. The van der Waals surface area contributed by atoms with Crippen molar-refractivity contribution < 1.29 is 19.1 Å². The molecule has 0 aliphatic carbocycles. The highest BCUT2D eigenvalue weighted by atomic mass is 35.5. The van der Waals surface area contributed by atoms with Gasteiger partial charge in [0.25, 0.3) is 11.8 Å². The van der Waals surface area contributed by atoms with Gasteiger partial charge in [-0.25, -0.2) is 0 Å². The Morgan fingerprint density at radius 3 is 2.14 bits per heavy atom. The Morgan fingerprint density at radius 2 is 1.48 bits per heavy atom. The molecule has 3 aromatic rings. The molecule has 0 aliphatic rings. The number of hydrazine groups is 1. The van der Waals surface area contributed by atoms with Gasteiger partial charge in [-0.2, -0.15) is 0 Å². The number of rotatable bonds is 6. The molecular formula is C22H19ClN2O4. The number of carbonyl (C=O) groups is 2. The molecule has 0 aromatic heterocycles. The lowest BCUT2D eigenvalue weighted by Gasteiger charge is -2.13. The molecule has 2 amide bonds. The molecule has 0 saturated heterocycles. The quantitative estimate of drug-likeness (QED) is 0.602. The molecule has 7 heteroatoms. The van der Waals surface area contributed by atoms with E-state index in [2.05, 4.69) is 10.9 Å². The molecule has 0 aliphatic heterocycles. The van der Waals surface area contributed by atoms with Gasteiger partial charge in [-0.15, -0.1) is 0 Å². The Kier molecular flexibility index (Phi) is 6.71. The largest absolute Gasteiger partial charge is 0.493 e. The van der Waals surface area contributed by atoms with Gasteiger partial charge in [0.2, 0.25) is 0 Å². The summed E-state index contributed by atoms with van der Waals surface area (Å²) in [5, 5.41) is 0.654. The van der Waals surface area contributed by atoms with Crippen LogP contribution in [0.15, 0.2) is 72.8 Å². The van der Waals surface area contributed by atoms with E-state index in [1.165, 1.54) is 7.11 Å². The van der Waals surface area contributed by atoms with Crippen LogP contribution in [0.5, 0.6) is 11.5 Å². The number of nitrogens with one attached hydrogen (secondary N) is 2. The van der Waals surface area contributed by atoms with Crippen LogP contribution in [0.3, 0.4) is 0 Å². The van der Waals surface area contributed by atoms with Gasteiger partial charge in [0, 0.05) is 16.1 Å². The molecule has 0 heterocycles. The van der Waals surface area contributed by atoms with Crippen molar-refractivity contribution in [2.45, 2.75) is 6.61 Å². The highest BCUT2D eigenvalue weighted by Crippen LogP contribution is 2.29. The number of hydrogen-bond donors (Lipinski definition) is 2. The molecule has 0 bridgehead atoms. The van der Waals surface area contributed by atoms with Gasteiger partial charge in [0.1, 0.15) is 6.61 Å². The van der Waals surface area contributed by atoms with Gasteiger partial charge in [0.05, 0.1) is 7.11 Å². The van der Waals surface area contributed by atoms with Crippen LogP contribution < -0.4 is 20.3 Å². The minimum atomic E-state index is -0.475. The number of benzene rings is 3. The van der Waals surface area contributed by atoms with Crippen LogP contribution in [0, 0.1) is 0 Å². The van der Waals surface area contributed by atoms with E-state index in [9.17, 15) is 9.59 Å². The van der Waals surface area contributed by atoms with Crippen molar-refractivity contribution in [2.75, 3.05) is 7.11 Å². The van der Waals surface area contributed by atoms with Crippen molar-refractivity contribution in [2.24, 2.45) is 0 Å². The lowest BCUT2D eigenvalue weighted by molar-refractivity contribution is 0.0846. The third-order valence-electron chi connectivity index (χ3n) is 4.06. The summed E-state index contributed by atoms with van der Waals surface area (Å²) in [5.74, 6) is 0.0129. The second kappa shape index (κ2) is 9.61. The maximum atomic E-state index is 12.3. The molecular weight excluding hydrogens is 392 g/mol. The SMILES string of the molecule is COc1cc(C(=O)NNC(=O)c2ccccc2)ccc1OCc1ccc(Cl)cc1. The van der Waals surface area contributed by atoms with E-state index in [-0.39, 0.29) is 0 Å². The summed E-state index contributed by atoms with van der Waals surface area (Å²) in [6.45, 7) is 0.326. The Morgan fingerprint density at radius 1 is 0.828 bits per heavy atom. The Balaban J connectivity index is 1.62. The minimum Gasteiger partial charge on any atom is -0.493 e. The van der Waals surface area contributed by atoms with E-state index in [0.717, 1.165) is 5.56 Å². The fraction of sp³-hybridized carbons (Fsp3) is 0.0909. The zero-order valence-electron chi connectivity index (χ0n) is 15.6. The molecule has 0 saturated carbocycles. The minimum absolute atomic E-state index is 0.314. The van der Waals surface area contributed by atoms with Gasteiger partial charge >= 0.3 is 0 Å². The number of amides is 2. The van der Waals surface area contributed by atoms with Gasteiger partial charge < -0.3 is 9.47 Å². The molecule has 0 atom stereocenters. The van der Waals surface area contributed by atoms with Crippen LogP contribution in [-0.4, -0.2) is 18.9 Å². The second-order valence-corrected chi connectivity index (χ2v) is 6.49. The summed E-state index contributed by atoms with van der Waals surface area (Å²) in [5.41, 5.74) is 6.46. The highest BCUT2D eigenvalue weighted by molar-refractivity contribution is 6.30. The first kappa shape index (κ1) is 20.2. The first-order chi connectivity index (χ1) is 14.1. The van der Waals surface area contributed by atoms with Crippen molar-refractivity contribution in [1.29, 1.82) is 0 Å². The van der Waals surface area contributed by atoms with E-state index in [4.69, 9.17) is 21.1 Å². The average Bonchev–Trinajstić information content (AvgIpc) is 2.77. The molecule has 3 aromatic carbocycles. The predicted molar refractivity (Wildman–Crippen MR) is 110 cm³/mol. The maximum Gasteiger partial charge on any atom is 0.269 e. The summed E-state index contributed by atoms with van der Waals surface area (Å²) < 4.78 is 11.1. The topological polar surface area (TPSA) is 76.7 Å². The zero-order valence-corrected chi connectivity index (χ0v) is 16.4. The van der Waals surface area contributed by atoms with E-state index in [1.807, 2.05) is 12.1 Å². The standard InChI is InChI=1S/C22H19ClN2O4/c1-28-20-13-17(22(27)25-24-21(26)16-5-3-2-4-6-16)9-12-19(20)29-14-15-7-10-18(23)11-8-15/h2-13H,14H2,1H3,(H,24,26)(H,25,27). The van der Waals surface area contributed by atoms with Gasteiger partial charge in [-0.3, -0.25) is 20.4 Å². The highest BCUT2D eigenvalue weighted by Gasteiger charge is 2.13. The second-order valence-electron chi connectivity index (χ2n) is 6.06. The number of carbonyl (C=O) groups excluding carboxylic acids is 2. The number of halogens is 1. The lowest BCUT2D eigenvalue weighted by atomic mass is 10.2. The van der Waals surface area contributed by atoms with Crippen LogP contribution in [0.4, 0.5) is 0 Å². The van der Waals surface area contributed by atoms with E-state index in [0.29, 0.717) is 34.3 Å². The normalized spacial score (nSPS) is 10.1. The molecule has 0 fully saturated rings. The summed E-state index contributed by atoms with van der Waals surface area (Å²) in [6.07, 6.45) is 0. The Labute approximate surface area is 173 Å². The first-order valence-corrected chi connectivity index (χ1v) is 9.15. The summed E-state index contributed by atoms with van der Waals surface area (Å²) >= 11 is 5.88. The molecule has 0 radical (unpaired) electrons. The maximum absolute atomic E-state index is 12.3. The molecule has 2 N–H and O–H groups in total. The van der Waals surface area contributed by atoms with Crippen LogP contribution in [0.1, 0.15) is 26.3 Å². The van der Waals surface area contributed by atoms with Crippen LogP contribution in [0.25, 0.3) is 0 Å². The van der Waals surface area contributed by atoms with Crippen LogP contribution in [-0.2, 0) is 6.61 Å². The van der Waals surface area contributed by atoms with Crippen molar-refractivity contribution >= 4 is 23.4 Å². The number of ether oxygens (including phenoxy) is 2. The summed E-state index contributed by atoms with van der Waals surface area (Å²) in [6, 6.07) is 20.7. The van der Waals surface area contributed by atoms with Crippen molar-refractivity contribution in [3.8, 4) is 11.5 Å². The van der Waals surface area contributed by atoms with Crippen molar-refractivity contribution in [3.63, 3.8) is 0 Å². The fourth-order valence-corrected chi connectivity index (χ4v) is 2.64. The average molecular weight is 411 g/mol. The van der Waals surface area contributed by atoms with Gasteiger partial charge in [-0.05, 0) is 48.0 Å². The van der Waals surface area contributed by atoms with Crippen LogP contribution >= 0.6 is 11.6 Å². The molecule has 0 spiro atoms. The molecule has 148 valence electrons. The lowest BCUT2D eigenvalue weighted by Crippen LogP contribution is -2.41. The Bertz CT molecular complexity index is 991. The van der Waals surface area contributed by atoms with Crippen LogP contribution in [0.2, 0.25) is 5.02 Å². The smallest absolute Gasteiger partial charge is 0.269 e. The molecule has 29 heavy (non-hydrogen) atoms. The Hall–Kier alpha value is -3.51. The summed E-state index contributed by atoms with van der Waals surface area (Å²) in [4.78, 5) is 24.4. The summed E-state index contributed by atoms with van der Waals surface area (Å²) in [7, 11) is 1.49. The van der Waals surface area contributed by atoms with Gasteiger partial charge in [0.15, 0.2) is 11.5 Å². The fourth-order valence-electron chi connectivity index (χ4n) is 2.52. The third kappa shape index (κ3) is 5.49. The first-order valence-electron chi connectivity index (χ1n) is 8.78. The van der Waals surface area contributed by atoms with Crippen molar-refractivity contribution in [3.05, 3.63) is 94.5 Å². The van der Waals surface area contributed by atoms with E-state index >= 15 is 0 Å². The van der Waals surface area contributed by atoms with E-state index < -0.39 is 11.8 Å². The van der Waals surface area contributed by atoms with Gasteiger partial charge in [-0.1, -0.05) is 41.9 Å². The molecule has 0 unspecified atom stereocenters. The zero-order chi connectivity index (χ0) is 20.6. The van der Waals surface area contributed by atoms with Crippen molar-refractivity contribution in [1.82, 2.24) is 10.9 Å². The number of methoxy groups -OCH3 is 1. The van der Waals surface area contributed by atoms with E-state index in [1.54, 1.807) is 60.7 Å². The third-order valence-corrected chi connectivity index (χ3v) is 4.31. The predicted octanol–water partition coefficient (Wildman–Crippen LogP) is 4.00. The molecule has 3 rings (SSSR count). The number of hydrogen-bond acceptors (Lipinski definition) is 4.